The van der Waals surface area contributed by atoms with Crippen LogP contribution in [0.2, 0.25) is 0 Å². The highest BCUT2D eigenvalue weighted by Gasteiger charge is 2.36. The fourth-order valence-electron chi connectivity index (χ4n) is 2.93. The van der Waals surface area contributed by atoms with Crippen LogP contribution in [-0.2, 0) is 0 Å². The zero-order valence-electron chi connectivity index (χ0n) is 12.2. The number of nitriles is 1. The average Bonchev–Trinajstić information content (AvgIpc) is 3.00. The molecular formula is C17H10F2N2O3. The van der Waals surface area contributed by atoms with Gasteiger partial charge in [-0.05, 0) is 18.2 Å². The summed E-state index contributed by atoms with van der Waals surface area (Å²) in [6, 6.07) is 8.49. The monoisotopic (exact) mass is 328 g/mol. The summed E-state index contributed by atoms with van der Waals surface area (Å²) in [5.41, 5.74) is 5.85. The lowest BCUT2D eigenvalue weighted by molar-refractivity contribution is 0.174. The number of rotatable bonds is 1. The lowest BCUT2D eigenvalue weighted by Crippen LogP contribution is -2.22. The minimum Gasteiger partial charge on any atom is -0.454 e. The van der Waals surface area contributed by atoms with Crippen LogP contribution in [0.25, 0.3) is 0 Å². The molecule has 0 saturated heterocycles. The predicted molar refractivity (Wildman–Crippen MR) is 78.2 cm³/mol. The third-order valence-corrected chi connectivity index (χ3v) is 4.00. The molecule has 2 N–H and O–H groups in total. The van der Waals surface area contributed by atoms with Crippen molar-refractivity contribution >= 4 is 0 Å². The van der Waals surface area contributed by atoms with Crippen molar-refractivity contribution in [3.63, 3.8) is 0 Å². The minimum atomic E-state index is -1.03. The van der Waals surface area contributed by atoms with Crippen molar-refractivity contribution in [2.45, 2.75) is 5.92 Å². The number of halogens is 2. The summed E-state index contributed by atoms with van der Waals surface area (Å²) in [5.74, 6) is -1.65. The van der Waals surface area contributed by atoms with E-state index in [4.69, 9.17) is 19.9 Å². The smallest absolute Gasteiger partial charge is 0.231 e. The third kappa shape index (κ3) is 1.97. The van der Waals surface area contributed by atoms with Gasteiger partial charge in [-0.15, -0.1) is 0 Å². The molecule has 0 aromatic heterocycles. The van der Waals surface area contributed by atoms with Gasteiger partial charge in [0.05, 0.1) is 5.92 Å². The van der Waals surface area contributed by atoms with Gasteiger partial charge < -0.3 is 19.9 Å². The number of benzene rings is 2. The van der Waals surface area contributed by atoms with Crippen molar-refractivity contribution in [2.75, 3.05) is 6.79 Å². The van der Waals surface area contributed by atoms with Gasteiger partial charge in [0.2, 0.25) is 12.7 Å². The second-order valence-electron chi connectivity index (χ2n) is 5.30. The predicted octanol–water partition coefficient (Wildman–Crippen LogP) is 2.91. The number of hydrogen-bond acceptors (Lipinski definition) is 5. The molecule has 0 spiro atoms. The highest BCUT2D eigenvalue weighted by Crippen LogP contribution is 2.48. The number of fused-ring (bicyclic) bond motifs is 2. The maximum absolute atomic E-state index is 14.3. The molecule has 5 nitrogen and oxygen atoms in total. The zero-order valence-corrected chi connectivity index (χ0v) is 12.2. The van der Waals surface area contributed by atoms with E-state index in [-0.39, 0.29) is 29.6 Å². The standard InChI is InChI=1S/C17H10F2N2O3/c18-10-2-1-3-11(19)16(10)15-8-4-13-14(23-7-22-13)5-12(8)24-17(21)9(15)6-20/h1-5,15H,7,21H2/t15-/m1/s1. The van der Waals surface area contributed by atoms with Gasteiger partial charge in [0.1, 0.15) is 29.0 Å². The maximum Gasteiger partial charge on any atom is 0.231 e. The second kappa shape index (κ2) is 5.13. The largest absolute Gasteiger partial charge is 0.454 e. The molecule has 7 heteroatoms. The van der Waals surface area contributed by atoms with Crippen LogP contribution in [0, 0.1) is 23.0 Å². The van der Waals surface area contributed by atoms with E-state index in [9.17, 15) is 14.0 Å². The summed E-state index contributed by atoms with van der Waals surface area (Å²) in [7, 11) is 0. The molecule has 2 aromatic carbocycles. The first-order valence-corrected chi connectivity index (χ1v) is 7.05. The molecule has 2 heterocycles. The fourth-order valence-corrected chi connectivity index (χ4v) is 2.93. The lowest BCUT2D eigenvalue weighted by Gasteiger charge is -2.27. The topological polar surface area (TPSA) is 77.5 Å². The minimum absolute atomic E-state index is 0.0327. The van der Waals surface area contributed by atoms with Gasteiger partial charge in [0, 0.05) is 17.2 Å². The highest BCUT2D eigenvalue weighted by molar-refractivity contribution is 5.61. The van der Waals surface area contributed by atoms with Crippen molar-refractivity contribution in [1.29, 1.82) is 5.26 Å². The molecule has 0 saturated carbocycles. The van der Waals surface area contributed by atoms with E-state index in [0.717, 1.165) is 12.1 Å². The molecule has 0 aliphatic carbocycles. The van der Waals surface area contributed by atoms with E-state index in [1.54, 1.807) is 6.07 Å². The number of nitrogens with two attached hydrogens (primary N) is 1. The van der Waals surface area contributed by atoms with Gasteiger partial charge in [0.15, 0.2) is 11.5 Å². The van der Waals surface area contributed by atoms with Crippen LogP contribution in [0.1, 0.15) is 17.0 Å². The molecular weight excluding hydrogens is 318 g/mol. The second-order valence-corrected chi connectivity index (χ2v) is 5.30. The molecule has 4 rings (SSSR count). The Hall–Kier alpha value is -3.27. The first-order valence-electron chi connectivity index (χ1n) is 7.05. The van der Waals surface area contributed by atoms with Crippen LogP contribution < -0.4 is 19.9 Å². The molecule has 0 amide bonds. The van der Waals surface area contributed by atoms with E-state index in [1.165, 1.54) is 12.1 Å². The summed E-state index contributed by atoms with van der Waals surface area (Å²) in [5, 5.41) is 9.43. The molecule has 0 radical (unpaired) electrons. The summed E-state index contributed by atoms with van der Waals surface area (Å²) in [6.45, 7) is 0.0327. The maximum atomic E-state index is 14.3. The Kier molecular flexibility index (Phi) is 3.06. The Morgan fingerprint density at radius 3 is 2.42 bits per heavy atom. The van der Waals surface area contributed by atoms with E-state index in [2.05, 4.69) is 0 Å². The van der Waals surface area contributed by atoms with Gasteiger partial charge in [-0.3, -0.25) is 0 Å². The van der Waals surface area contributed by atoms with Crippen LogP contribution in [0.4, 0.5) is 8.78 Å². The molecule has 0 unspecified atom stereocenters. The van der Waals surface area contributed by atoms with Crippen molar-refractivity contribution < 1.29 is 23.0 Å². The van der Waals surface area contributed by atoms with E-state index in [1.807, 2.05) is 6.07 Å². The number of nitrogens with zero attached hydrogens (tertiary/aromatic N) is 1. The van der Waals surface area contributed by atoms with Crippen molar-refractivity contribution in [3.8, 4) is 23.3 Å². The molecule has 0 fully saturated rings. The quantitative estimate of drug-likeness (QED) is 0.871. The van der Waals surface area contributed by atoms with Crippen LogP contribution in [0.5, 0.6) is 17.2 Å². The van der Waals surface area contributed by atoms with Gasteiger partial charge in [-0.2, -0.15) is 5.26 Å². The zero-order chi connectivity index (χ0) is 16.8. The Bertz CT molecular complexity index is 914. The Labute approximate surface area is 135 Å². The summed E-state index contributed by atoms with van der Waals surface area (Å²) >= 11 is 0. The van der Waals surface area contributed by atoms with Gasteiger partial charge in [-0.1, -0.05) is 6.07 Å². The van der Waals surface area contributed by atoms with Crippen LogP contribution >= 0.6 is 0 Å². The van der Waals surface area contributed by atoms with Crippen LogP contribution in [0.15, 0.2) is 41.8 Å². The number of ether oxygens (including phenoxy) is 3. The third-order valence-electron chi connectivity index (χ3n) is 4.00. The normalized spacial score (nSPS) is 18.0. The molecule has 2 aliphatic rings. The molecule has 24 heavy (non-hydrogen) atoms. The molecule has 2 aromatic rings. The van der Waals surface area contributed by atoms with Crippen LogP contribution in [0.3, 0.4) is 0 Å². The summed E-state index contributed by atoms with van der Waals surface area (Å²) in [6.07, 6.45) is 0. The van der Waals surface area contributed by atoms with E-state index >= 15 is 0 Å². The number of hydrogen-bond donors (Lipinski definition) is 1. The summed E-state index contributed by atoms with van der Waals surface area (Å²) in [4.78, 5) is 0. The van der Waals surface area contributed by atoms with Crippen molar-refractivity contribution in [1.82, 2.24) is 0 Å². The molecule has 2 aliphatic heterocycles. The molecule has 0 bridgehead atoms. The average molecular weight is 328 g/mol. The first-order chi connectivity index (χ1) is 11.6. The van der Waals surface area contributed by atoms with Gasteiger partial charge in [-0.25, -0.2) is 8.78 Å². The Morgan fingerprint density at radius 1 is 1.08 bits per heavy atom. The van der Waals surface area contributed by atoms with E-state index in [0.29, 0.717) is 17.1 Å². The molecule has 120 valence electrons. The van der Waals surface area contributed by atoms with Gasteiger partial charge in [0.25, 0.3) is 0 Å². The molecule has 1 atom stereocenters. The SMILES string of the molecule is N#CC1=C(N)Oc2cc3c(cc2[C@H]1c1c(F)cccc1F)OCO3. The Morgan fingerprint density at radius 2 is 1.75 bits per heavy atom. The Balaban J connectivity index is 2.00. The van der Waals surface area contributed by atoms with Gasteiger partial charge >= 0.3 is 0 Å². The lowest BCUT2D eigenvalue weighted by atomic mass is 9.83. The fraction of sp³-hybridized carbons (Fsp3) is 0.118. The van der Waals surface area contributed by atoms with Crippen molar-refractivity contribution in [3.05, 3.63) is 64.5 Å². The first kappa shape index (κ1) is 14.3. The van der Waals surface area contributed by atoms with Crippen LogP contribution in [-0.4, -0.2) is 6.79 Å². The van der Waals surface area contributed by atoms with E-state index < -0.39 is 17.6 Å². The highest BCUT2D eigenvalue weighted by atomic mass is 19.1. The van der Waals surface area contributed by atoms with Crippen molar-refractivity contribution in [2.24, 2.45) is 5.73 Å². The number of allylic oxidation sites excluding steroid dienone is 1. The summed E-state index contributed by atoms with van der Waals surface area (Å²) < 4.78 is 44.7.